The summed E-state index contributed by atoms with van der Waals surface area (Å²) in [4.78, 5) is 17.0. The van der Waals surface area contributed by atoms with Crippen LogP contribution in [-0.2, 0) is 4.79 Å². The lowest BCUT2D eigenvalue weighted by molar-refractivity contribution is -0.115. The number of rotatable bonds is 6. The van der Waals surface area contributed by atoms with Gasteiger partial charge in [0.25, 0.3) is 0 Å². The maximum Gasteiger partial charge on any atom is 0.250 e. The predicted octanol–water partition coefficient (Wildman–Crippen LogP) is 8.71. The van der Waals surface area contributed by atoms with Crippen molar-refractivity contribution < 1.29 is 13.6 Å². The minimum Gasteiger partial charge on any atom is -0.457 e. The van der Waals surface area contributed by atoms with Crippen molar-refractivity contribution in [1.29, 1.82) is 0 Å². The van der Waals surface area contributed by atoms with E-state index >= 15 is 0 Å². The number of thiocarbonyl (C=S) groups is 1. The first-order valence-corrected chi connectivity index (χ1v) is 13.3. The van der Waals surface area contributed by atoms with Gasteiger partial charge in [-0.1, -0.05) is 43.1 Å². The number of benzene rings is 3. The summed E-state index contributed by atoms with van der Waals surface area (Å²) in [7, 11) is 0. The van der Waals surface area contributed by atoms with E-state index in [2.05, 4.69) is 41.6 Å². The van der Waals surface area contributed by atoms with Crippen LogP contribution in [0.1, 0.15) is 31.1 Å². The molecule has 0 bridgehead atoms. The van der Waals surface area contributed by atoms with Crippen molar-refractivity contribution in [3.05, 3.63) is 100 Å². The molecule has 1 amide bonds. The Hall–Kier alpha value is -3.91. The van der Waals surface area contributed by atoms with Gasteiger partial charge in [-0.05, 0) is 96.5 Å². The number of amides is 1. The first-order valence-electron chi connectivity index (χ1n) is 12.1. The number of carbonyl (C=O) groups is 1. The van der Waals surface area contributed by atoms with Crippen molar-refractivity contribution in [3.63, 3.8) is 0 Å². The summed E-state index contributed by atoms with van der Waals surface area (Å²) in [6, 6.07) is 22.1. The molecule has 5 aromatic rings. The number of aromatic nitrogens is 1. The van der Waals surface area contributed by atoms with E-state index < -0.39 is 5.91 Å². The summed E-state index contributed by atoms with van der Waals surface area (Å²) in [5, 5.41) is 6.79. The zero-order chi connectivity index (χ0) is 27.5. The molecule has 5 rings (SSSR count). The largest absolute Gasteiger partial charge is 0.457 e. The molecule has 0 spiro atoms. The molecule has 0 atom stereocenters. The molecule has 3 aromatic carbocycles. The van der Waals surface area contributed by atoms with Crippen LogP contribution >= 0.6 is 35.4 Å². The third-order valence-electron chi connectivity index (χ3n) is 5.93. The number of hydrogen-bond acceptors (Lipinski definition) is 5. The van der Waals surface area contributed by atoms with Crippen LogP contribution in [0, 0.1) is 0 Å². The molecule has 0 aliphatic rings. The zero-order valence-electron chi connectivity index (χ0n) is 21.0. The Bertz CT molecular complexity index is 1700. The van der Waals surface area contributed by atoms with Crippen LogP contribution in [0.15, 0.2) is 87.7 Å². The van der Waals surface area contributed by atoms with Gasteiger partial charge in [0.1, 0.15) is 17.0 Å². The number of anilines is 1. The Morgan fingerprint density at radius 3 is 2.51 bits per heavy atom. The fourth-order valence-corrected chi connectivity index (χ4v) is 4.59. The monoisotopic (exact) mass is 575 g/mol. The van der Waals surface area contributed by atoms with Crippen molar-refractivity contribution in [1.82, 2.24) is 10.3 Å². The Balaban J connectivity index is 1.17. The lowest BCUT2D eigenvalue weighted by Crippen LogP contribution is -2.32. The van der Waals surface area contributed by atoms with E-state index in [0.717, 1.165) is 16.7 Å². The molecule has 39 heavy (non-hydrogen) atoms. The maximum atomic E-state index is 12.4. The van der Waals surface area contributed by atoms with E-state index in [1.54, 1.807) is 36.4 Å². The minimum atomic E-state index is -0.404. The van der Waals surface area contributed by atoms with E-state index in [4.69, 9.17) is 44.3 Å². The SMILES string of the molecule is CC(C)c1ccc2oc(-c3ccc(NC(=S)NC(=O)/C=C/c4ccc(-c5ccc(Cl)cc5Cl)o4)cc3)nc2c1. The molecule has 0 saturated heterocycles. The second kappa shape index (κ2) is 11.5. The molecule has 0 fully saturated rings. The van der Waals surface area contributed by atoms with Gasteiger partial charge >= 0.3 is 0 Å². The van der Waals surface area contributed by atoms with Gasteiger partial charge < -0.3 is 14.2 Å². The van der Waals surface area contributed by atoms with Crippen LogP contribution < -0.4 is 10.6 Å². The van der Waals surface area contributed by atoms with Crippen molar-refractivity contribution in [2.45, 2.75) is 19.8 Å². The highest BCUT2D eigenvalue weighted by molar-refractivity contribution is 7.80. The lowest BCUT2D eigenvalue weighted by atomic mass is 10.0. The number of oxazole rings is 1. The van der Waals surface area contributed by atoms with Gasteiger partial charge in [0, 0.05) is 27.9 Å². The van der Waals surface area contributed by atoms with Gasteiger partial charge in [-0.3, -0.25) is 10.1 Å². The highest BCUT2D eigenvalue weighted by Gasteiger charge is 2.11. The maximum absolute atomic E-state index is 12.4. The quantitative estimate of drug-likeness (QED) is 0.156. The average molecular weight is 577 g/mol. The number of carbonyl (C=O) groups excluding carboxylic acids is 1. The van der Waals surface area contributed by atoms with Crippen LogP contribution in [0.3, 0.4) is 0 Å². The summed E-state index contributed by atoms with van der Waals surface area (Å²) in [5.74, 6) is 1.60. The highest BCUT2D eigenvalue weighted by atomic mass is 35.5. The van der Waals surface area contributed by atoms with E-state index in [1.165, 1.54) is 11.6 Å². The summed E-state index contributed by atoms with van der Waals surface area (Å²) < 4.78 is 11.7. The molecule has 0 radical (unpaired) electrons. The Morgan fingerprint density at radius 1 is 0.974 bits per heavy atom. The molecule has 0 aliphatic carbocycles. The molecule has 0 unspecified atom stereocenters. The van der Waals surface area contributed by atoms with E-state index in [-0.39, 0.29) is 5.11 Å². The van der Waals surface area contributed by atoms with Crippen LogP contribution in [0.5, 0.6) is 0 Å². The van der Waals surface area contributed by atoms with Gasteiger partial charge in [-0.25, -0.2) is 4.98 Å². The topological polar surface area (TPSA) is 80.3 Å². The summed E-state index contributed by atoms with van der Waals surface area (Å²) in [5.41, 5.74) is 5.03. The predicted molar refractivity (Wildman–Crippen MR) is 161 cm³/mol. The van der Waals surface area contributed by atoms with Crippen LogP contribution in [0.4, 0.5) is 5.69 Å². The third kappa shape index (κ3) is 6.40. The normalized spacial score (nSPS) is 11.4. The lowest BCUT2D eigenvalue weighted by Gasteiger charge is -2.08. The molecule has 2 heterocycles. The molecule has 0 saturated carbocycles. The minimum absolute atomic E-state index is 0.161. The number of nitrogens with one attached hydrogen (secondary N) is 2. The number of nitrogens with zero attached hydrogens (tertiary/aromatic N) is 1. The number of hydrogen-bond donors (Lipinski definition) is 2. The third-order valence-corrected chi connectivity index (χ3v) is 6.68. The second-order valence-electron chi connectivity index (χ2n) is 9.08. The van der Waals surface area contributed by atoms with E-state index in [1.807, 2.05) is 30.3 Å². The molecule has 2 N–H and O–H groups in total. The summed E-state index contributed by atoms with van der Waals surface area (Å²) in [6.45, 7) is 4.29. The Morgan fingerprint density at radius 2 is 1.77 bits per heavy atom. The van der Waals surface area contributed by atoms with Crippen LogP contribution in [0.25, 0.3) is 40.0 Å². The smallest absolute Gasteiger partial charge is 0.250 e. The standard InChI is InChI=1S/C30H23Cl2N3O3S/c1-17(2)19-5-12-27-25(15-19)34-29(38-27)18-3-7-21(8-4-18)33-30(39)35-28(36)14-10-22-9-13-26(37-22)23-11-6-20(31)16-24(23)32/h3-17H,1-2H3,(H2,33,35,36,39)/b14-10+. The number of fused-ring (bicyclic) bond motifs is 1. The first-order chi connectivity index (χ1) is 18.7. The molecular formula is C30H23Cl2N3O3S. The van der Waals surface area contributed by atoms with Gasteiger partial charge in [-0.2, -0.15) is 0 Å². The van der Waals surface area contributed by atoms with Crippen molar-refractivity contribution in [3.8, 4) is 22.8 Å². The van der Waals surface area contributed by atoms with Crippen molar-refractivity contribution in [2.24, 2.45) is 0 Å². The fourth-order valence-electron chi connectivity index (χ4n) is 3.87. The van der Waals surface area contributed by atoms with Crippen LogP contribution in [0.2, 0.25) is 10.0 Å². The molecule has 2 aromatic heterocycles. The van der Waals surface area contributed by atoms with E-state index in [0.29, 0.717) is 44.6 Å². The number of halogens is 2. The van der Waals surface area contributed by atoms with Crippen molar-refractivity contribution >= 4 is 69.3 Å². The average Bonchev–Trinajstić information content (AvgIpc) is 3.54. The molecule has 6 nitrogen and oxygen atoms in total. The fraction of sp³-hybridized carbons (Fsp3) is 0.100. The molecule has 9 heteroatoms. The second-order valence-corrected chi connectivity index (χ2v) is 10.3. The highest BCUT2D eigenvalue weighted by Crippen LogP contribution is 2.32. The van der Waals surface area contributed by atoms with Crippen LogP contribution in [-0.4, -0.2) is 16.0 Å². The summed E-state index contributed by atoms with van der Waals surface area (Å²) in [6.07, 6.45) is 2.88. The number of furan rings is 1. The van der Waals surface area contributed by atoms with Gasteiger partial charge in [-0.15, -0.1) is 0 Å². The van der Waals surface area contributed by atoms with Gasteiger partial charge in [0.05, 0.1) is 5.02 Å². The zero-order valence-corrected chi connectivity index (χ0v) is 23.3. The van der Waals surface area contributed by atoms with E-state index in [9.17, 15) is 4.79 Å². The van der Waals surface area contributed by atoms with Crippen molar-refractivity contribution in [2.75, 3.05) is 5.32 Å². The molecule has 0 aliphatic heterocycles. The summed E-state index contributed by atoms with van der Waals surface area (Å²) >= 11 is 17.5. The Labute approximate surface area is 240 Å². The van der Waals surface area contributed by atoms with Gasteiger partial charge in [0.15, 0.2) is 10.7 Å². The molecular weight excluding hydrogens is 553 g/mol. The Kier molecular flexibility index (Phi) is 7.84. The first kappa shape index (κ1) is 26.7. The molecule has 196 valence electrons. The van der Waals surface area contributed by atoms with Gasteiger partial charge in [0.2, 0.25) is 11.8 Å².